The van der Waals surface area contributed by atoms with Gasteiger partial charge < -0.3 is 14.7 Å². The predicted octanol–water partition coefficient (Wildman–Crippen LogP) is 5.26. The first-order chi connectivity index (χ1) is 11.3. The van der Waals surface area contributed by atoms with Crippen molar-refractivity contribution in [1.82, 2.24) is 5.16 Å². The number of hydrogen-bond donors (Lipinski definition) is 2. The van der Waals surface area contributed by atoms with Crippen molar-refractivity contribution >= 4 is 0 Å². The molecule has 0 spiro atoms. The second kappa shape index (κ2) is 6.17. The summed E-state index contributed by atoms with van der Waals surface area (Å²) in [6, 6.07) is 5.72. The third-order valence-corrected chi connectivity index (χ3v) is 4.75. The van der Waals surface area contributed by atoms with Crippen molar-refractivity contribution in [1.29, 1.82) is 0 Å². The van der Waals surface area contributed by atoms with Gasteiger partial charge in [-0.25, -0.2) is 0 Å². The molecule has 4 heteroatoms. The number of phenolic OH excluding ortho intramolecular Hbond substituents is 1. The van der Waals surface area contributed by atoms with Crippen molar-refractivity contribution < 1.29 is 14.7 Å². The van der Waals surface area contributed by atoms with Crippen LogP contribution in [-0.2, 0) is 16.4 Å². The van der Waals surface area contributed by atoms with Gasteiger partial charge >= 0.3 is 0 Å². The van der Waals surface area contributed by atoms with E-state index < -0.39 is 5.60 Å². The highest BCUT2D eigenvalue weighted by Crippen LogP contribution is 2.42. The zero-order valence-electron chi connectivity index (χ0n) is 16.7. The molecule has 0 aliphatic heterocycles. The van der Waals surface area contributed by atoms with Gasteiger partial charge in [0.05, 0.1) is 0 Å². The molecule has 0 aliphatic carbocycles. The summed E-state index contributed by atoms with van der Waals surface area (Å²) in [5.74, 6) is 0.792. The monoisotopic (exact) mass is 345 g/mol. The van der Waals surface area contributed by atoms with E-state index >= 15 is 0 Å². The molecule has 2 N–H and O–H groups in total. The van der Waals surface area contributed by atoms with Gasteiger partial charge in [0.25, 0.3) is 0 Å². The van der Waals surface area contributed by atoms with Crippen LogP contribution in [0, 0.1) is 0 Å². The molecular weight excluding hydrogens is 314 g/mol. The average Bonchev–Trinajstić information content (AvgIpc) is 2.95. The van der Waals surface area contributed by atoms with Crippen molar-refractivity contribution in [2.45, 2.75) is 78.2 Å². The van der Waals surface area contributed by atoms with Gasteiger partial charge in [0.1, 0.15) is 17.0 Å². The van der Waals surface area contributed by atoms with Crippen molar-refractivity contribution in [3.8, 4) is 17.0 Å². The maximum Gasteiger partial charge on any atom is 0.168 e. The molecule has 0 saturated heterocycles. The van der Waals surface area contributed by atoms with Gasteiger partial charge in [-0.1, -0.05) is 53.6 Å². The minimum absolute atomic E-state index is 0.207. The van der Waals surface area contributed by atoms with E-state index in [-0.39, 0.29) is 10.8 Å². The van der Waals surface area contributed by atoms with E-state index in [1.165, 1.54) is 0 Å². The summed E-state index contributed by atoms with van der Waals surface area (Å²) in [4.78, 5) is 0. The summed E-state index contributed by atoms with van der Waals surface area (Å²) in [6.07, 6.45) is 0.539. The standard InChI is InChI=1S/C21H31NO3/c1-9-21(8,24)17-12-16(22-25-17)13-10-14(19(2,3)4)18(23)15(11-13)20(5,6)7/h10-12,23-24H,9H2,1-8H3. The van der Waals surface area contributed by atoms with Crippen molar-refractivity contribution in [3.05, 3.63) is 35.1 Å². The number of benzene rings is 1. The molecule has 1 heterocycles. The zero-order valence-corrected chi connectivity index (χ0v) is 16.7. The summed E-state index contributed by atoms with van der Waals surface area (Å²) >= 11 is 0. The first-order valence-electron chi connectivity index (χ1n) is 8.85. The van der Waals surface area contributed by atoms with Gasteiger partial charge in [0.2, 0.25) is 0 Å². The van der Waals surface area contributed by atoms with Gasteiger partial charge in [-0.05, 0) is 36.3 Å². The fourth-order valence-electron chi connectivity index (χ4n) is 2.77. The molecule has 0 bridgehead atoms. The Morgan fingerprint density at radius 1 is 0.920 bits per heavy atom. The number of nitrogens with zero attached hydrogens (tertiary/aromatic N) is 1. The normalized spacial score (nSPS) is 15.2. The Labute approximate surface area is 150 Å². The Morgan fingerprint density at radius 2 is 1.40 bits per heavy atom. The van der Waals surface area contributed by atoms with E-state index in [1.54, 1.807) is 13.0 Å². The highest BCUT2D eigenvalue weighted by Gasteiger charge is 2.29. The number of phenols is 1. The van der Waals surface area contributed by atoms with Gasteiger partial charge in [-0.2, -0.15) is 0 Å². The Hall–Kier alpha value is -1.81. The Kier molecular flexibility index (Phi) is 4.81. The van der Waals surface area contributed by atoms with Crippen LogP contribution in [0.15, 0.2) is 22.7 Å². The fourth-order valence-corrected chi connectivity index (χ4v) is 2.77. The molecule has 1 atom stereocenters. The Bertz CT molecular complexity index is 723. The molecule has 0 radical (unpaired) electrons. The van der Waals surface area contributed by atoms with Crippen molar-refractivity contribution in [2.24, 2.45) is 0 Å². The molecule has 25 heavy (non-hydrogen) atoms. The first-order valence-corrected chi connectivity index (χ1v) is 8.85. The van der Waals surface area contributed by atoms with Gasteiger partial charge in [0, 0.05) is 22.8 Å². The summed E-state index contributed by atoms with van der Waals surface area (Å²) in [5, 5.41) is 25.4. The molecule has 0 aliphatic rings. The van der Waals surface area contributed by atoms with E-state index in [9.17, 15) is 10.2 Å². The van der Waals surface area contributed by atoms with E-state index in [0.29, 0.717) is 23.6 Å². The minimum Gasteiger partial charge on any atom is -0.507 e. The lowest BCUT2D eigenvalue weighted by Crippen LogP contribution is -2.18. The Balaban J connectivity index is 2.67. The zero-order chi connectivity index (χ0) is 19.2. The number of hydrogen-bond acceptors (Lipinski definition) is 4. The molecule has 2 rings (SSSR count). The van der Waals surface area contributed by atoms with Crippen LogP contribution in [0.3, 0.4) is 0 Å². The quantitative estimate of drug-likeness (QED) is 0.796. The minimum atomic E-state index is -1.04. The predicted molar refractivity (Wildman–Crippen MR) is 101 cm³/mol. The molecular formula is C21H31NO3. The molecule has 1 unspecified atom stereocenters. The lowest BCUT2D eigenvalue weighted by atomic mass is 9.78. The van der Waals surface area contributed by atoms with E-state index in [0.717, 1.165) is 16.7 Å². The van der Waals surface area contributed by atoms with Gasteiger partial charge in [-0.15, -0.1) is 0 Å². The van der Waals surface area contributed by atoms with Crippen LogP contribution in [0.4, 0.5) is 0 Å². The van der Waals surface area contributed by atoms with Crippen LogP contribution < -0.4 is 0 Å². The van der Waals surface area contributed by atoms with E-state index in [4.69, 9.17) is 4.52 Å². The molecule has 138 valence electrons. The SMILES string of the molecule is CCC(C)(O)c1cc(-c2cc(C(C)(C)C)c(O)c(C(C)(C)C)c2)no1. The summed E-state index contributed by atoms with van der Waals surface area (Å²) in [7, 11) is 0. The number of aliphatic hydroxyl groups is 1. The van der Waals surface area contributed by atoms with Crippen LogP contribution in [0.5, 0.6) is 5.75 Å². The van der Waals surface area contributed by atoms with Crippen LogP contribution >= 0.6 is 0 Å². The maximum atomic E-state index is 10.8. The average molecular weight is 345 g/mol. The third-order valence-electron chi connectivity index (χ3n) is 4.75. The lowest BCUT2D eigenvalue weighted by molar-refractivity contribution is 0.0244. The van der Waals surface area contributed by atoms with Gasteiger partial charge in [-0.3, -0.25) is 0 Å². The van der Waals surface area contributed by atoms with Crippen LogP contribution in [0.2, 0.25) is 0 Å². The first kappa shape index (κ1) is 19.5. The molecule has 1 aromatic heterocycles. The second-order valence-corrected chi connectivity index (χ2v) is 9.12. The molecule has 0 fully saturated rings. The molecule has 4 nitrogen and oxygen atoms in total. The fraction of sp³-hybridized carbons (Fsp3) is 0.571. The Morgan fingerprint density at radius 3 is 1.80 bits per heavy atom. The highest BCUT2D eigenvalue weighted by atomic mass is 16.5. The van der Waals surface area contributed by atoms with Crippen LogP contribution in [0.25, 0.3) is 11.3 Å². The number of rotatable bonds is 3. The number of aromatic nitrogens is 1. The molecule has 0 saturated carbocycles. The topological polar surface area (TPSA) is 66.5 Å². The van der Waals surface area contributed by atoms with E-state index in [1.807, 2.05) is 19.1 Å². The smallest absolute Gasteiger partial charge is 0.168 e. The molecule has 0 amide bonds. The van der Waals surface area contributed by atoms with Crippen LogP contribution in [0.1, 0.15) is 78.7 Å². The molecule has 2 aromatic rings. The third kappa shape index (κ3) is 3.90. The summed E-state index contributed by atoms with van der Waals surface area (Å²) in [6.45, 7) is 16.1. The number of aromatic hydroxyl groups is 1. The second-order valence-electron chi connectivity index (χ2n) is 9.12. The summed E-state index contributed by atoms with van der Waals surface area (Å²) < 4.78 is 5.39. The van der Waals surface area contributed by atoms with Crippen molar-refractivity contribution in [2.75, 3.05) is 0 Å². The van der Waals surface area contributed by atoms with Crippen molar-refractivity contribution in [3.63, 3.8) is 0 Å². The van der Waals surface area contributed by atoms with Gasteiger partial charge in [0.15, 0.2) is 5.76 Å². The van der Waals surface area contributed by atoms with E-state index in [2.05, 4.69) is 46.7 Å². The molecule has 1 aromatic carbocycles. The summed E-state index contributed by atoms with van der Waals surface area (Å²) in [5.41, 5.74) is 1.85. The highest BCUT2D eigenvalue weighted by molar-refractivity contribution is 5.66. The maximum absolute atomic E-state index is 10.8. The largest absolute Gasteiger partial charge is 0.507 e. The van der Waals surface area contributed by atoms with Crippen LogP contribution in [-0.4, -0.2) is 15.4 Å². The lowest BCUT2D eigenvalue weighted by Gasteiger charge is -2.28.